The van der Waals surface area contributed by atoms with Gasteiger partial charge in [-0.15, -0.1) is 0 Å². The maximum Gasteiger partial charge on any atom is 0.314 e. The van der Waals surface area contributed by atoms with Crippen LogP contribution in [0.3, 0.4) is 0 Å². The average molecular weight is 470 g/mol. The van der Waals surface area contributed by atoms with Crippen LogP contribution < -0.4 is 9.47 Å². The summed E-state index contributed by atoms with van der Waals surface area (Å²) in [5.74, 6) is -5.89. The van der Waals surface area contributed by atoms with Crippen LogP contribution in [0.4, 0.5) is 0 Å². The van der Waals surface area contributed by atoms with Gasteiger partial charge in [-0.3, -0.25) is 9.59 Å². The second-order valence-electron chi connectivity index (χ2n) is 7.42. The number of hydrogen-bond acceptors (Lipinski definition) is 8. The van der Waals surface area contributed by atoms with Crippen LogP contribution >= 0.6 is 0 Å². The molecule has 10 nitrogen and oxygen atoms in total. The number of carboxylic acid groups (broad SMARTS) is 2. The summed E-state index contributed by atoms with van der Waals surface area (Å²) in [6.07, 6.45) is 0. The van der Waals surface area contributed by atoms with Crippen molar-refractivity contribution in [3.63, 3.8) is 0 Å². The Kier molecular flexibility index (Phi) is 7.32. The standard InChI is InChI=1S/C24H22O10/c25-15-5-13(6-16(26)9-15)19(23(29)30)11-33-21-3-1-2-4-22(21)34-12-20(24(31)32)14-7-17(27)10-18(28)8-14/h1-10,19-20,25-28H,11-12H2,(H,29,30)(H,31,32). The van der Waals surface area contributed by atoms with E-state index in [1.54, 1.807) is 12.1 Å². The van der Waals surface area contributed by atoms with Crippen LogP contribution in [-0.2, 0) is 9.59 Å². The van der Waals surface area contributed by atoms with Crippen LogP contribution in [-0.4, -0.2) is 55.8 Å². The smallest absolute Gasteiger partial charge is 0.314 e. The molecule has 0 aromatic heterocycles. The predicted molar refractivity (Wildman–Crippen MR) is 118 cm³/mol. The van der Waals surface area contributed by atoms with Crippen LogP contribution in [0.25, 0.3) is 0 Å². The number of ether oxygens (including phenoxy) is 2. The summed E-state index contributed by atoms with van der Waals surface area (Å²) < 4.78 is 11.3. The minimum atomic E-state index is -1.25. The van der Waals surface area contributed by atoms with E-state index < -0.39 is 23.8 Å². The molecule has 0 saturated carbocycles. The minimum Gasteiger partial charge on any atom is -0.508 e. The molecular weight excluding hydrogens is 448 g/mol. The summed E-state index contributed by atoms with van der Waals surface area (Å²) >= 11 is 0. The Morgan fingerprint density at radius 3 is 1.24 bits per heavy atom. The van der Waals surface area contributed by atoms with E-state index in [1.165, 1.54) is 36.4 Å². The second-order valence-corrected chi connectivity index (χ2v) is 7.42. The number of rotatable bonds is 10. The van der Waals surface area contributed by atoms with Crippen molar-refractivity contribution in [3.8, 4) is 34.5 Å². The van der Waals surface area contributed by atoms with E-state index in [4.69, 9.17) is 9.47 Å². The Bertz CT molecular complexity index is 1060. The summed E-state index contributed by atoms with van der Waals surface area (Å²) in [6.45, 7) is -0.747. The Morgan fingerprint density at radius 2 is 0.941 bits per heavy atom. The number of phenols is 4. The molecule has 2 atom stereocenters. The zero-order chi connectivity index (χ0) is 24.8. The molecule has 0 aliphatic heterocycles. The lowest BCUT2D eigenvalue weighted by Gasteiger charge is -2.19. The first-order chi connectivity index (χ1) is 16.1. The lowest BCUT2D eigenvalue weighted by molar-refractivity contribution is -0.140. The summed E-state index contributed by atoms with van der Waals surface area (Å²) in [7, 11) is 0. The van der Waals surface area contributed by atoms with Crippen molar-refractivity contribution < 1.29 is 49.7 Å². The van der Waals surface area contributed by atoms with Crippen molar-refractivity contribution in [2.75, 3.05) is 13.2 Å². The van der Waals surface area contributed by atoms with Crippen LogP contribution in [0.2, 0.25) is 0 Å². The van der Waals surface area contributed by atoms with E-state index in [-0.39, 0.29) is 58.8 Å². The summed E-state index contributed by atoms with van der Waals surface area (Å²) in [4.78, 5) is 23.5. The third-order valence-electron chi connectivity index (χ3n) is 4.91. The van der Waals surface area contributed by atoms with Crippen molar-refractivity contribution in [1.82, 2.24) is 0 Å². The van der Waals surface area contributed by atoms with Crippen molar-refractivity contribution in [3.05, 3.63) is 71.8 Å². The van der Waals surface area contributed by atoms with Crippen LogP contribution in [0.1, 0.15) is 23.0 Å². The Labute approximate surface area is 193 Å². The highest BCUT2D eigenvalue weighted by Gasteiger charge is 2.25. The molecule has 3 rings (SSSR count). The summed E-state index contributed by atoms with van der Waals surface area (Å²) in [6, 6.07) is 13.2. The van der Waals surface area contributed by atoms with Crippen LogP contribution in [0.5, 0.6) is 34.5 Å². The van der Waals surface area contributed by atoms with Gasteiger partial charge in [-0.05, 0) is 47.5 Å². The first kappa shape index (κ1) is 24.1. The molecule has 2 unspecified atom stereocenters. The van der Waals surface area contributed by atoms with Crippen molar-refractivity contribution >= 4 is 11.9 Å². The van der Waals surface area contributed by atoms with Crippen molar-refractivity contribution in [2.45, 2.75) is 11.8 Å². The van der Waals surface area contributed by atoms with Gasteiger partial charge in [0.1, 0.15) is 48.0 Å². The zero-order valence-electron chi connectivity index (χ0n) is 17.7. The fraction of sp³-hybridized carbons (Fsp3) is 0.167. The Balaban J connectivity index is 1.77. The SMILES string of the molecule is O=C(O)C(COc1ccccc1OCC(C(=O)O)c1cc(O)cc(O)c1)c1cc(O)cc(O)c1. The van der Waals surface area contributed by atoms with E-state index in [1.807, 2.05) is 0 Å². The van der Waals surface area contributed by atoms with Gasteiger partial charge < -0.3 is 40.1 Å². The van der Waals surface area contributed by atoms with E-state index in [2.05, 4.69) is 0 Å². The van der Waals surface area contributed by atoms with Gasteiger partial charge in [0.05, 0.1) is 0 Å². The number of hydrogen-bond donors (Lipinski definition) is 6. The third-order valence-corrected chi connectivity index (χ3v) is 4.91. The van der Waals surface area contributed by atoms with Gasteiger partial charge in [-0.25, -0.2) is 0 Å². The first-order valence-corrected chi connectivity index (χ1v) is 10.00. The number of phenolic OH excluding ortho intramolecular Hbond substituents is 4. The maximum atomic E-state index is 11.7. The molecule has 34 heavy (non-hydrogen) atoms. The number of benzene rings is 3. The van der Waals surface area contributed by atoms with Crippen molar-refractivity contribution in [2.24, 2.45) is 0 Å². The predicted octanol–water partition coefficient (Wildman–Crippen LogP) is 3.00. The van der Waals surface area contributed by atoms with Crippen molar-refractivity contribution in [1.29, 1.82) is 0 Å². The van der Waals surface area contributed by atoms with E-state index >= 15 is 0 Å². The van der Waals surface area contributed by atoms with Gasteiger partial charge in [-0.2, -0.15) is 0 Å². The second kappa shape index (κ2) is 10.3. The first-order valence-electron chi connectivity index (χ1n) is 10.00. The molecular formula is C24H22O10. The molecule has 0 fully saturated rings. The van der Waals surface area contributed by atoms with E-state index in [0.717, 1.165) is 12.1 Å². The molecule has 0 saturated heterocycles. The molecule has 0 radical (unpaired) electrons. The monoisotopic (exact) mass is 470 g/mol. The fourth-order valence-electron chi connectivity index (χ4n) is 3.29. The zero-order valence-corrected chi connectivity index (χ0v) is 17.7. The molecule has 3 aromatic carbocycles. The van der Waals surface area contributed by atoms with Gasteiger partial charge in [0.15, 0.2) is 11.5 Å². The number of aliphatic carboxylic acids is 2. The lowest BCUT2D eigenvalue weighted by Crippen LogP contribution is -2.21. The molecule has 6 N–H and O–H groups in total. The quantitative estimate of drug-likeness (QED) is 0.258. The highest BCUT2D eigenvalue weighted by atomic mass is 16.5. The number of carbonyl (C=O) groups is 2. The van der Waals surface area contributed by atoms with Gasteiger partial charge in [0.2, 0.25) is 0 Å². The van der Waals surface area contributed by atoms with E-state index in [0.29, 0.717) is 0 Å². The summed E-state index contributed by atoms with van der Waals surface area (Å²) in [5, 5.41) is 57.8. The highest BCUT2D eigenvalue weighted by molar-refractivity contribution is 5.77. The van der Waals surface area contributed by atoms with E-state index in [9.17, 15) is 40.2 Å². The Morgan fingerprint density at radius 1 is 0.618 bits per heavy atom. The number of aromatic hydroxyl groups is 4. The fourth-order valence-corrected chi connectivity index (χ4v) is 3.29. The topological polar surface area (TPSA) is 174 Å². The van der Waals surface area contributed by atoms with Crippen LogP contribution in [0, 0.1) is 0 Å². The largest absolute Gasteiger partial charge is 0.508 e. The lowest BCUT2D eigenvalue weighted by atomic mass is 9.99. The maximum absolute atomic E-state index is 11.7. The molecule has 10 heteroatoms. The minimum absolute atomic E-state index is 0.123. The third kappa shape index (κ3) is 6.00. The van der Waals surface area contributed by atoms with Gasteiger partial charge in [0.25, 0.3) is 0 Å². The molecule has 3 aromatic rings. The Hall–Kier alpha value is -4.60. The summed E-state index contributed by atoms with van der Waals surface area (Å²) in [5.41, 5.74) is 0.246. The molecule has 0 bridgehead atoms. The number of para-hydroxylation sites is 2. The normalized spacial score (nSPS) is 12.5. The molecule has 0 spiro atoms. The molecule has 0 amide bonds. The van der Waals surface area contributed by atoms with Gasteiger partial charge in [-0.1, -0.05) is 12.1 Å². The van der Waals surface area contributed by atoms with Gasteiger partial charge in [0, 0.05) is 12.1 Å². The molecule has 0 heterocycles. The van der Waals surface area contributed by atoms with Gasteiger partial charge >= 0.3 is 11.9 Å². The highest BCUT2D eigenvalue weighted by Crippen LogP contribution is 2.32. The molecule has 178 valence electrons. The molecule has 0 aliphatic carbocycles. The van der Waals surface area contributed by atoms with Crippen LogP contribution in [0.15, 0.2) is 60.7 Å². The average Bonchev–Trinajstić information content (AvgIpc) is 2.73. The molecule has 0 aliphatic rings. The number of carboxylic acids is 2.